The Bertz CT molecular complexity index is 331. The van der Waals surface area contributed by atoms with Gasteiger partial charge in [0.15, 0.2) is 0 Å². The highest BCUT2D eigenvalue weighted by molar-refractivity contribution is 5.82. The zero-order valence-corrected chi connectivity index (χ0v) is 12.1. The molecule has 0 rings (SSSR count). The Hall–Kier alpha value is -1.58. The predicted molar refractivity (Wildman–Crippen MR) is 74.6 cm³/mol. The van der Waals surface area contributed by atoms with Crippen molar-refractivity contribution in [3.05, 3.63) is 25.3 Å². The molecule has 0 spiro atoms. The van der Waals surface area contributed by atoms with Crippen molar-refractivity contribution < 1.29 is 19.1 Å². The molecule has 4 heteroatoms. The van der Waals surface area contributed by atoms with Crippen molar-refractivity contribution in [2.75, 3.05) is 0 Å². The first-order chi connectivity index (χ1) is 8.84. The molecule has 0 bridgehead atoms. The highest BCUT2D eigenvalue weighted by atomic mass is 16.6. The molecule has 0 aliphatic heterocycles. The van der Waals surface area contributed by atoms with Gasteiger partial charge in [-0.2, -0.15) is 0 Å². The standard InChI is InChI=1S/C15H24O4/c1-6-9-10-12(18-13(16)7-2)11-15(4,5)19-14(17)8-3/h7-8,12H,2-3,6,9-11H2,1,4-5H3. The second-order valence-corrected chi connectivity index (χ2v) is 4.99. The predicted octanol–water partition coefficient (Wildman–Crippen LogP) is 3.17. The maximum Gasteiger partial charge on any atom is 0.330 e. The number of unbranched alkanes of at least 4 members (excludes halogenated alkanes) is 1. The Morgan fingerprint density at radius 3 is 2.26 bits per heavy atom. The van der Waals surface area contributed by atoms with Gasteiger partial charge in [0, 0.05) is 18.6 Å². The molecule has 0 saturated carbocycles. The molecule has 1 atom stereocenters. The zero-order chi connectivity index (χ0) is 14.9. The number of carbonyl (C=O) groups excluding carboxylic acids is 2. The molecule has 108 valence electrons. The summed E-state index contributed by atoms with van der Waals surface area (Å²) in [6.07, 6.45) is 5.13. The van der Waals surface area contributed by atoms with Gasteiger partial charge in [-0.05, 0) is 20.3 Å². The maximum atomic E-state index is 11.3. The van der Waals surface area contributed by atoms with Gasteiger partial charge in [0.25, 0.3) is 0 Å². The second kappa shape index (κ2) is 8.51. The molecule has 0 aliphatic carbocycles. The van der Waals surface area contributed by atoms with E-state index in [0.29, 0.717) is 6.42 Å². The van der Waals surface area contributed by atoms with E-state index < -0.39 is 17.5 Å². The molecule has 0 heterocycles. The van der Waals surface area contributed by atoms with Crippen molar-refractivity contribution in [1.82, 2.24) is 0 Å². The quantitative estimate of drug-likeness (QED) is 0.476. The molecule has 0 saturated heterocycles. The number of carbonyl (C=O) groups is 2. The Balaban J connectivity index is 4.58. The molecule has 4 nitrogen and oxygen atoms in total. The van der Waals surface area contributed by atoms with Crippen LogP contribution in [0.5, 0.6) is 0 Å². The van der Waals surface area contributed by atoms with Gasteiger partial charge in [0.05, 0.1) is 0 Å². The average Bonchev–Trinajstić information content (AvgIpc) is 2.34. The van der Waals surface area contributed by atoms with E-state index in [1.54, 1.807) is 13.8 Å². The van der Waals surface area contributed by atoms with Crippen LogP contribution in [0.2, 0.25) is 0 Å². The largest absolute Gasteiger partial charge is 0.459 e. The fourth-order valence-electron chi connectivity index (χ4n) is 1.75. The van der Waals surface area contributed by atoms with Gasteiger partial charge in [0.2, 0.25) is 0 Å². The smallest absolute Gasteiger partial charge is 0.330 e. The lowest BCUT2D eigenvalue weighted by Crippen LogP contribution is -2.34. The van der Waals surface area contributed by atoms with Crippen molar-refractivity contribution >= 4 is 11.9 Å². The summed E-state index contributed by atoms with van der Waals surface area (Å²) >= 11 is 0. The summed E-state index contributed by atoms with van der Waals surface area (Å²) < 4.78 is 10.5. The van der Waals surface area contributed by atoms with Gasteiger partial charge >= 0.3 is 11.9 Å². The summed E-state index contributed by atoms with van der Waals surface area (Å²) in [7, 11) is 0. The molecular formula is C15H24O4. The van der Waals surface area contributed by atoms with Crippen molar-refractivity contribution in [3.8, 4) is 0 Å². The monoisotopic (exact) mass is 268 g/mol. The molecule has 0 amide bonds. The molecular weight excluding hydrogens is 244 g/mol. The first-order valence-corrected chi connectivity index (χ1v) is 6.53. The molecule has 0 fully saturated rings. The molecule has 0 aromatic carbocycles. The van der Waals surface area contributed by atoms with Gasteiger partial charge in [-0.15, -0.1) is 0 Å². The number of ether oxygens (including phenoxy) is 2. The number of hydrogen-bond acceptors (Lipinski definition) is 4. The third-order valence-corrected chi connectivity index (χ3v) is 2.59. The Morgan fingerprint density at radius 2 is 1.79 bits per heavy atom. The van der Waals surface area contributed by atoms with E-state index >= 15 is 0 Å². The van der Waals surface area contributed by atoms with Crippen LogP contribution in [0.4, 0.5) is 0 Å². The van der Waals surface area contributed by atoms with Crippen LogP contribution >= 0.6 is 0 Å². The molecule has 19 heavy (non-hydrogen) atoms. The van der Waals surface area contributed by atoms with Crippen molar-refractivity contribution in [2.45, 2.75) is 58.2 Å². The minimum absolute atomic E-state index is 0.280. The maximum absolute atomic E-state index is 11.3. The number of rotatable bonds is 9. The summed E-state index contributed by atoms with van der Waals surface area (Å²) in [4.78, 5) is 22.5. The van der Waals surface area contributed by atoms with Crippen LogP contribution in [-0.4, -0.2) is 23.6 Å². The summed E-state index contributed by atoms with van der Waals surface area (Å²) in [5, 5.41) is 0. The fourth-order valence-corrected chi connectivity index (χ4v) is 1.75. The molecule has 0 N–H and O–H groups in total. The lowest BCUT2D eigenvalue weighted by atomic mass is 9.97. The lowest BCUT2D eigenvalue weighted by Gasteiger charge is -2.29. The fraction of sp³-hybridized carbons (Fsp3) is 0.600. The van der Waals surface area contributed by atoms with Crippen LogP contribution < -0.4 is 0 Å². The van der Waals surface area contributed by atoms with Crippen molar-refractivity contribution in [3.63, 3.8) is 0 Å². The van der Waals surface area contributed by atoms with E-state index in [1.165, 1.54) is 0 Å². The average molecular weight is 268 g/mol. The third-order valence-electron chi connectivity index (χ3n) is 2.59. The lowest BCUT2D eigenvalue weighted by molar-refractivity contribution is -0.156. The van der Waals surface area contributed by atoms with E-state index in [4.69, 9.17) is 9.47 Å². The van der Waals surface area contributed by atoms with E-state index in [0.717, 1.165) is 31.4 Å². The van der Waals surface area contributed by atoms with Gasteiger partial charge in [-0.3, -0.25) is 0 Å². The van der Waals surface area contributed by atoms with E-state index in [2.05, 4.69) is 20.1 Å². The number of hydrogen-bond donors (Lipinski definition) is 0. The van der Waals surface area contributed by atoms with E-state index in [-0.39, 0.29) is 6.10 Å². The highest BCUT2D eigenvalue weighted by Crippen LogP contribution is 2.22. The molecule has 0 aromatic heterocycles. The summed E-state index contributed by atoms with van der Waals surface area (Å²) in [6.45, 7) is 12.4. The van der Waals surface area contributed by atoms with Gasteiger partial charge < -0.3 is 9.47 Å². The van der Waals surface area contributed by atoms with Gasteiger partial charge in [-0.25, -0.2) is 9.59 Å². The normalized spacial score (nSPS) is 12.4. The van der Waals surface area contributed by atoms with E-state index in [9.17, 15) is 9.59 Å². The Morgan fingerprint density at radius 1 is 1.21 bits per heavy atom. The van der Waals surface area contributed by atoms with Crippen LogP contribution in [-0.2, 0) is 19.1 Å². The summed E-state index contributed by atoms with van der Waals surface area (Å²) in [5.41, 5.74) is -0.703. The van der Waals surface area contributed by atoms with Crippen LogP contribution in [0.1, 0.15) is 46.5 Å². The van der Waals surface area contributed by atoms with Crippen LogP contribution in [0.15, 0.2) is 25.3 Å². The zero-order valence-electron chi connectivity index (χ0n) is 12.1. The van der Waals surface area contributed by atoms with Gasteiger partial charge in [0.1, 0.15) is 11.7 Å². The molecule has 1 unspecified atom stereocenters. The van der Waals surface area contributed by atoms with Crippen LogP contribution in [0.25, 0.3) is 0 Å². The number of esters is 2. The van der Waals surface area contributed by atoms with Crippen molar-refractivity contribution in [1.29, 1.82) is 0 Å². The molecule has 0 aromatic rings. The Labute approximate surface area is 115 Å². The highest BCUT2D eigenvalue weighted by Gasteiger charge is 2.28. The minimum Gasteiger partial charge on any atom is -0.459 e. The SMILES string of the molecule is C=CC(=O)OC(CCCC)CC(C)(C)OC(=O)C=C. The minimum atomic E-state index is -0.703. The first-order valence-electron chi connectivity index (χ1n) is 6.53. The summed E-state index contributed by atoms with van der Waals surface area (Å²) in [5.74, 6) is -0.929. The summed E-state index contributed by atoms with van der Waals surface area (Å²) in [6, 6.07) is 0. The topological polar surface area (TPSA) is 52.6 Å². The van der Waals surface area contributed by atoms with Crippen LogP contribution in [0.3, 0.4) is 0 Å². The van der Waals surface area contributed by atoms with Gasteiger partial charge in [-0.1, -0.05) is 32.9 Å². The molecule has 0 radical (unpaired) electrons. The molecule has 0 aliphatic rings. The third kappa shape index (κ3) is 8.19. The van der Waals surface area contributed by atoms with Crippen molar-refractivity contribution in [2.24, 2.45) is 0 Å². The first kappa shape index (κ1) is 17.4. The second-order valence-electron chi connectivity index (χ2n) is 4.99. The van der Waals surface area contributed by atoms with E-state index in [1.807, 2.05) is 0 Å². The van der Waals surface area contributed by atoms with Crippen LogP contribution in [0, 0.1) is 0 Å². The Kier molecular flexibility index (Phi) is 7.80.